The van der Waals surface area contributed by atoms with Gasteiger partial charge in [-0.15, -0.1) is 0 Å². The highest BCUT2D eigenvalue weighted by molar-refractivity contribution is 6.34. The molecular formula is C23H17ClN2O3. The summed E-state index contributed by atoms with van der Waals surface area (Å²) in [6.07, 6.45) is 1.72. The number of benzene rings is 3. The molecule has 6 heteroatoms. The van der Waals surface area contributed by atoms with Crippen molar-refractivity contribution in [1.82, 2.24) is 0 Å². The maximum absolute atomic E-state index is 13.2. The van der Waals surface area contributed by atoms with Gasteiger partial charge in [-0.2, -0.15) is 0 Å². The van der Waals surface area contributed by atoms with Crippen molar-refractivity contribution in [3.63, 3.8) is 0 Å². The van der Waals surface area contributed by atoms with Crippen molar-refractivity contribution in [3.8, 4) is 11.5 Å². The number of halogens is 1. The number of ether oxygens (including phenoxy) is 1. The molecule has 1 N–H and O–H groups in total. The average Bonchev–Trinajstić information content (AvgIpc) is 3.05. The Morgan fingerprint density at radius 2 is 1.76 bits per heavy atom. The molecule has 29 heavy (non-hydrogen) atoms. The number of aliphatic imine (C=N–C) groups is 1. The fraction of sp³-hybridized carbons (Fsp3) is 0.0435. The number of aromatic hydroxyl groups is 1. The Hall–Kier alpha value is -3.57. The third-order valence-electron chi connectivity index (χ3n) is 4.47. The zero-order valence-electron chi connectivity index (χ0n) is 15.5. The average molecular weight is 405 g/mol. The number of carbonyl (C=O) groups is 1. The first-order valence-electron chi connectivity index (χ1n) is 8.89. The van der Waals surface area contributed by atoms with E-state index in [2.05, 4.69) is 4.99 Å². The summed E-state index contributed by atoms with van der Waals surface area (Å²) in [6, 6.07) is 21.0. The van der Waals surface area contributed by atoms with Crippen molar-refractivity contribution in [2.75, 3.05) is 12.0 Å². The van der Waals surface area contributed by atoms with Gasteiger partial charge in [0.15, 0.2) is 0 Å². The lowest BCUT2D eigenvalue weighted by Gasteiger charge is -2.18. The van der Waals surface area contributed by atoms with E-state index in [1.54, 1.807) is 37.5 Å². The van der Waals surface area contributed by atoms with Crippen molar-refractivity contribution >= 4 is 35.1 Å². The molecule has 0 fully saturated rings. The first kappa shape index (κ1) is 18.8. The van der Waals surface area contributed by atoms with Crippen LogP contribution in [0.1, 0.15) is 11.1 Å². The van der Waals surface area contributed by atoms with Crippen molar-refractivity contribution in [3.05, 3.63) is 94.6 Å². The van der Waals surface area contributed by atoms with Crippen LogP contribution >= 0.6 is 11.6 Å². The molecule has 1 aliphatic rings. The monoisotopic (exact) mass is 404 g/mol. The Bertz CT molecular complexity index is 1120. The van der Waals surface area contributed by atoms with E-state index in [0.29, 0.717) is 28.0 Å². The molecule has 0 unspecified atom stereocenters. The van der Waals surface area contributed by atoms with E-state index in [0.717, 1.165) is 11.1 Å². The SMILES string of the molecule is COc1cccc(/C=C2\N=C(c3ccc(Cl)cc3)N(c3ccc(O)cc3)C2=O)c1. The molecular weight excluding hydrogens is 388 g/mol. The summed E-state index contributed by atoms with van der Waals surface area (Å²) in [7, 11) is 1.59. The predicted molar refractivity (Wildman–Crippen MR) is 115 cm³/mol. The van der Waals surface area contributed by atoms with Gasteiger partial charge in [-0.1, -0.05) is 23.7 Å². The number of rotatable bonds is 4. The van der Waals surface area contributed by atoms with E-state index in [-0.39, 0.29) is 11.7 Å². The quantitative estimate of drug-likeness (QED) is 0.630. The molecule has 1 amide bonds. The van der Waals surface area contributed by atoms with Crippen LogP contribution in [0.15, 0.2) is 83.5 Å². The van der Waals surface area contributed by atoms with Gasteiger partial charge >= 0.3 is 0 Å². The van der Waals surface area contributed by atoms with Gasteiger partial charge in [-0.3, -0.25) is 9.69 Å². The number of amidine groups is 1. The molecule has 0 aromatic heterocycles. The van der Waals surface area contributed by atoms with Crippen LogP contribution < -0.4 is 9.64 Å². The lowest BCUT2D eigenvalue weighted by molar-refractivity contribution is -0.113. The van der Waals surface area contributed by atoms with Crippen LogP contribution in [0.2, 0.25) is 5.02 Å². The molecule has 4 rings (SSSR count). The highest BCUT2D eigenvalue weighted by Crippen LogP contribution is 2.29. The largest absolute Gasteiger partial charge is 0.508 e. The van der Waals surface area contributed by atoms with Crippen LogP contribution in [0.4, 0.5) is 5.69 Å². The summed E-state index contributed by atoms with van der Waals surface area (Å²) in [5.41, 5.74) is 2.47. The van der Waals surface area contributed by atoms with Crippen LogP contribution in [0.25, 0.3) is 6.08 Å². The topological polar surface area (TPSA) is 62.1 Å². The highest BCUT2D eigenvalue weighted by Gasteiger charge is 2.32. The second kappa shape index (κ2) is 7.81. The second-order valence-electron chi connectivity index (χ2n) is 6.41. The predicted octanol–water partition coefficient (Wildman–Crippen LogP) is 4.89. The molecule has 5 nitrogen and oxygen atoms in total. The standard InChI is InChI=1S/C23H17ClN2O3/c1-29-20-4-2-3-15(13-20)14-21-23(28)26(18-9-11-19(27)12-10-18)22(25-21)16-5-7-17(24)8-6-16/h2-14,27H,1H3/b21-14-. The molecule has 0 spiro atoms. The van der Waals surface area contributed by atoms with Gasteiger partial charge in [0.05, 0.1) is 12.8 Å². The Labute approximate surface area is 173 Å². The Morgan fingerprint density at radius 3 is 2.45 bits per heavy atom. The van der Waals surface area contributed by atoms with E-state index in [1.807, 2.05) is 36.4 Å². The van der Waals surface area contributed by atoms with Gasteiger partial charge < -0.3 is 9.84 Å². The summed E-state index contributed by atoms with van der Waals surface area (Å²) in [5, 5.41) is 10.2. The summed E-state index contributed by atoms with van der Waals surface area (Å²) in [6.45, 7) is 0. The Morgan fingerprint density at radius 1 is 1.03 bits per heavy atom. The van der Waals surface area contributed by atoms with Gasteiger partial charge in [0.2, 0.25) is 0 Å². The van der Waals surface area contributed by atoms with Gasteiger partial charge in [0, 0.05) is 10.6 Å². The number of amides is 1. The number of anilines is 1. The van der Waals surface area contributed by atoms with Crippen LogP contribution in [-0.4, -0.2) is 24.0 Å². The van der Waals surface area contributed by atoms with Gasteiger partial charge in [0.1, 0.15) is 23.0 Å². The molecule has 144 valence electrons. The van der Waals surface area contributed by atoms with Crippen LogP contribution in [0.3, 0.4) is 0 Å². The van der Waals surface area contributed by atoms with Gasteiger partial charge in [-0.05, 0) is 72.3 Å². The fourth-order valence-electron chi connectivity index (χ4n) is 3.04. The normalized spacial score (nSPS) is 15.0. The molecule has 1 aliphatic heterocycles. The maximum atomic E-state index is 13.2. The number of carbonyl (C=O) groups excluding carboxylic acids is 1. The fourth-order valence-corrected chi connectivity index (χ4v) is 3.17. The van der Waals surface area contributed by atoms with E-state index in [9.17, 15) is 9.90 Å². The second-order valence-corrected chi connectivity index (χ2v) is 6.84. The van der Waals surface area contributed by atoms with Gasteiger partial charge in [0.25, 0.3) is 5.91 Å². The first-order chi connectivity index (χ1) is 14.0. The third-order valence-corrected chi connectivity index (χ3v) is 4.72. The van der Waals surface area contributed by atoms with Crippen LogP contribution in [-0.2, 0) is 4.79 Å². The summed E-state index contributed by atoms with van der Waals surface area (Å²) in [5.74, 6) is 1.05. The van der Waals surface area contributed by atoms with Crippen molar-refractivity contribution in [1.29, 1.82) is 0 Å². The first-order valence-corrected chi connectivity index (χ1v) is 9.27. The van der Waals surface area contributed by atoms with E-state index in [4.69, 9.17) is 16.3 Å². The summed E-state index contributed by atoms with van der Waals surface area (Å²) < 4.78 is 5.25. The number of phenolic OH excluding ortho intramolecular Hbond substituents is 1. The molecule has 0 radical (unpaired) electrons. The molecule has 0 saturated heterocycles. The van der Waals surface area contributed by atoms with Crippen molar-refractivity contribution in [2.45, 2.75) is 0 Å². The van der Waals surface area contributed by atoms with Crippen LogP contribution in [0.5, 0.6) is 11.5 Å². The molecule has 0 atom stereocenters. The van der Waals surface area contributed by atoms with Gasteiger partial charge in [-0.25, -0.2) is 4.99 Å². The Kier molecular flexibility index (Phi) is 5.06. The number of methoxy groups -OCH3 is 1. The molecule has 0 saturated carbocycles. The minimum absolute atomic E-state index is 0.123. The summed E-state index contributed by atoms with van der Waals surface area (Å²) >= 11 is 6.01. The molecule has 0 aliphatic carbocycles. The highest BCUT2D eigenvalue weighted by atomic mass is 35.5. The lowest BCUT2D eigenvalue weighted by atomic mass is 10.1. The Balaban J connectivity index is 1.81. The number of hydrogen-bond acceptors (Lipinski definition) is 4. The summed E-state index contributed by atoms with van der Waals surface area (Å²) in [4.78, 5) is 19.4. The maximum Gasteiger partial charge on any atom is 0.282 e. The molecule has 1 heterocycles. The smallest absolute Gasteiger partial charge is 0.282 e. The lowest BCUT2D eigenvalue weighted by Crippen LogP contribution is -2.32. The van der Waals surface area contributed by atoms with Crippen molar-refractivity contribution < 1.29 is 14.6 Å². The number of nitrogens with zero attached hydrogens (tertiary/aromatic N) is 2. The number of phenols is 1. The molecule has 3 aromatic rings. The molecule has 3 aromatic carbocycles. The minimum atomic E-state index is -0.261. The zero-order valence-corrected chi connectivity index (χ0v) is 16.3. The van der Waals surface area contributed by atoms with E-state index >= 15 is 0 Å². The van der Waals surface area contributed by atoms with E-state index < -0.39 is 0 Å². The molecule has 0 bridgehead atoms. The number of hydrogen-bond donors (Lipinski definition) is 1. The zero-order chi connectivity index (χ0) is 20.4. The van der Waals surface area contributed by atoms with Crippen LogP contribution in [0, 0.1) is 0 Å². The minimum Gasteiger partial charge on any atom is -0.508 e. The third kappa shape index (κ3) is 3.86. The van der Waals surface area contributed by atoms with Crippen molar-refractivity contribution in [2.24, 2.45) is 4.99 Å². The van der Waals surface area contributed by atoms with E-state index in [1.165, 1.54) is 17.0 Å².